The van der Waals surface area contributed by atoms with Crippen molar-refractivity contribution in [1.29, 1.82) is 0 Å². The van der Waals surface area contributed by atoms with E-state index in [9.17, 15) is 9.59 Å². The van der Waals surface area contributed by atoms with Crippen molar-refractivity contribution in [3.05, 3.63) is 60.2 Å². The number of carbonyl (C=O) groups excluding carboxylic acids is 2. The molecule has 0 aromatic heterocycles. The van der Waals surface area contributed by atoms with Crippen molar-refractivity contribution in [3.63, 3.8) is 0 Å². The molecule has 4 nitrogen and oxygen atoms in total. The maximum Gasteiger partial charge on any atom is 0.289 e. The largest absolute Gasteiger partial charge is 0.326 e. The van der Waals surface area contributed by atoms with Crippen LogP contribution in [0.5, 0.6) is 0 Å². The first-order valence-electron chi connectivity index (χ1n) is 7.47. The van der Waals surface area contributed by atoms with Gasteiger partial charge in [-0.3, -0.25) is 14.5 Å². The van der Waals surface area contributed by atoms with Crippen LogP contribution >= 0.6 is 11.8 Å². The number of hydrogen-bond acceptors (Lipinski definition) is 4. The van der Waals surface area contributed by atoms with Gasteiger partial charge in [0.05, 0.1) is 11.8 Å². The first-order valence-corrected chi connectivity index (χ1v) is 8.46. The molecule has 0 spiro atoms. The van der Waals surface area contributed by atoms with Gasteiger partial charge in [0.2, 0.25) is 5.91 Å². The lowest BCUT2D eigenvalue weighted by Crippen LogP contribution is -2.42. The van der Waals surface area contributed by atoms with Crippen molar-refractivity contribution in [2.75, 3.05) is 5.75 Å². The lowest BCUT2D eigenvalue weighted by atomic mass is 9.96. The molecule has 1 saturated heterocycles. The highest BCUT2D eigenvalue weighted by Crippen LogP contribution is 2.32. The number of nitrogens with two attached hydrogens (primary N) is 1. The molecule has 3 rings (SSSR count). The van der Waals surface area contributed by atoms with Crippen LogP contribution in [0.2, 0.25) is 0 Å². The molecule has 1 heterocycles. The molecule has 0 saturated carbocycles. The van der Waals surface area contributed by atoms with Crippen LogP contribution in [-0.4, -0.2) is 27.8 Å². The van der Waals surface area contributed by atoms with E-state index < -0.39 is 6.04 Å². The summed E-state index contributed by atoms with van der Waals surface area (Å²) < 4.78 is 0. The summed E-state index contributed by atoms with van der Waals surface area (Å²) in [4.78, 5) is 25.3. The van der Waals surface area contributed by atoms with Gasteiger partial charge < -0.3 is 5.73 Å². The van der Waals surface area contributed by atoms with E-state index in [1.54, 1.807) is 0 Å². The van der Waals surface area contributed by atoms with Gasteiger partial charge in [0.15, 0.2) is 0 Å². The third-order valence-corrected chi connectivity index (χ3v) is 4.75. The Labute approximate surface area is 139 Å². The standard InChI is InChI=1S/C18H18N2O2S/c1-12(19)17(20-16(21)11-23-18(20)22)15-9-7-14(8-10-15)13-5-3-2-4-6-13/h2-10,12,17H,11,19H2,1H3. The number of thioether (sulfide) groups is 1. The summed E-state index contributed by atoms with van der Waals surface area (Å²) in [5, 5.41) is -0.218. The zero-order chi connectivity index (χ0) is 16.4. The van der Waals surface area contributed by atoms with E-state index in [0.717, 1.165) is 28.5 Å². The molecule has 0 aliphatic carbocycles. The third kappa shape index (κ3) is 3.16. The van der Waals surface area contributed by atoms with E-state index in [1.807, 2.05) is 61.5 Å². The maximum atomic E-state index is 12.0. The van der Waals surface area contributed by atoms with E-state index >= 15 is 0 Å². The minimum atomic E-state index is -0.421. The molecule has 2 unspecified atom stereocenters. The number of hydrogen-bond donors (Lipinski definition) is 1. The van der Waals surface area contributed by atoms with E-state index in [1.165, 1.54) is 4.90 Å². The topological polar surface area (TPSA) is 63.4 Å². The number of rotatable bonds is 4. The Balaban J connectivity index is 1.92. The van der Waals surface area contributed by atoms with E-state index in [-0.39, 0.29) is 22.9 Å². The fourth-order valence-electron chi connectivity index (χ4n) is 2.82. The van der Waals surface area contributed by atoms with Crippen LogP contribution in [0.4, 0.5) is 4.79 Å². The molecule has 2 aromatic carbocycles. The minimum Gasteiger partial charge on any atom is -0.326 e. The van der Waals surface area contributed by atoms with Crippen LogP contribution in [-0.2, 0) is 4.79 Å². The SMILES string of the molecule is CC(N)C(c1ccc(-c2ccccc2)cc1)N1C(=O)CSC1=O. The van der Waals surface area contributed by atoms with Crippen LogP contribution < -0.4 is 5.73 Å². The molecule has 2 amide bonds. The van der Waals surface area contributed by atoms with Crippen LogP contribution in [0.1, 0.15) is 18.5 Å². The second kappa shape index (κ2) is 6.56. The molecular weight excluding hydrogens is 308 g/mol. The van der Waals surface area contributed by atoms with Crippen molar-refractivity contribution in [2.45, 2.75) is 19.0 Å². The lowest BCUT2D eigenvalue weighted by Gasteiger charge is -2.29. The molecule has 0 bridgehead atoms. The molecule has 23 heavy (non-hydrogen) atoms. The van der Waals surface area contributed by atoms with Crippen molar-refractivity contribution in [1.82, 2.24) is 4.90 Å². The molecule has 1 aliphatic heterocycles. The summed E-state index contributed by atoms with van der Waals surface area (Å²) in [6, 6.07) is 17.2. The Morgan fingerprint density at radius 1 is 1.00 bits per heavy atom. The van der Waals surface area contributed by atoms with E-state index in [0.29, 0.717) is 0 Å². The van der Waals surface area contributed by atoms with Gasteiger partial charge in [-0.2, -0.15) is 0 Å². The minimum absolute atomic E-state index is 0.172. The summed E-state index contributed by atoms with van der Waals surface area (Å²) in [6.45, 7) is 1.82. The van der Waals surface area contributed by atoms with Gasteiger partial charge in [0, 0.05) is 6.04 Å². The Kier molecular flexibility index (Phi) is 4.50. The molecule has 1 fully saturated rings. The monoisotopic (exact) mass is 326 g/mol. The van der Waals surface area contributed by atoms with Crippen LogP contribution in [0, 0.1) is 0 Å². The maximum absolute atomic E-state index is 12.0. The van der Waals surface area contributed by atoms with Gasteiger partial charge in [-0.25, -0.2) is 0 Å². The van der Waals surface area contributed by atoms with E-state index in [4.69, 9.17) is 5.73 Å². The van der Waals surface area contributed by atoms with Gasteiger partial charge in [0.25, 0.3) is 5.24 Å². The van der Waals surface area contributed by atoms with Crippen LogP contribution in [0.25, 0.3) is 11.1 Å². The van der Waals surface area contributed by atoms with Crippen molar-refractivity contribution in [3.8, 4) is 11.1 Å². The van der Waals surface area contributed by atoms with Gasteiger partial charge in [-0.05, 0) is 23.6 Å². The van der Waals surface area contributed by atoms with Gasteiger partial charge in [-0.15, -0.1) is 0 Å². The number of imide groups is 1. The fraction of sp³-hybridized carbons (Fsp3) is 0.222. The first kappa shape index (κ1) is 15.8. The first-order chi connectivity index (χ1) is 11.1. The average molecular weight is 326 g/mol. The summed E-state index contributed by atoms with van der Waals surface area (Å²) in [5.41, 5.74) is 9.16. The Morgan fingerprint density at radius 3 is 2.13 bits per heavy atom. The molecule has 2 aromatic rings. The van der Waals surface area contributed by atoms with E-state index in [2.05, 4.69) is 0 Å². The number of benzene rings is 2. The predicted molar refractivity (Wildman–Crippen MR) is 93.0 cm³/mol. The van der Waals surface area contributed by atoms with Crippen LogP contribution in [0.3, 0.4) is 0 Å². The summed E-state index contributed by atoms with van der Waals surface area (Å²) in [7, 11) is 0. The van der Waals surface area contributed by atoms with Gasteiger partial charge in [-0.1, -0.05) is 66.4 Å². The second-order valence-electron chi connectivity index (χ2n) is 5.61. The summed E-state index contributed by atoms with van der Waals surface area (Å²) in [5.74, 6) is 0.0267. The highest BCUT2D eigenvalue weighted by Gasteiger charge is 2.38. The van der Waals surface area contributed by atoms with Crippen LogP contribution in [0.15, 0.2) is 54.6 Å². The van der Waals surface area contributed by atoms with Crippen molar-refractivity contribution in [2.24, 2.45) is 5.73 Å². The summed E-state index contributed by atoms with van der Waals surface area (Å²) >= 11 is 1.04. The molecule has 0 radical (unpaired) electrons. The third-order valence-electron chi connectivity index (χ3n) is 3.92. The highest BCUT2D eigenvalue weighted by atomic mass is 32.2. The molecule has 1 aliphatic rings. The van der Waals surface area contributed by atoms with Crippen molar-refractivity contribution < 1.29 is 9.59 Å². The number of carbonyl (C=O) groups is 2. The quantitative estimate of drug-likeness (QED) is 0.935. The normalized spacial score (nSPS) is 17.4. The summed E-state index contributed by atoms with van der Waals surface area (Å²) in [6.07, 6.45) is 0. The van der Waals surface area contributed by atoms with Crippen molar-refractivity contribution >= 4 is 22.9 Å². The molecule has 2 N–H and O–H groups in total. The second-order valence-corrected chi connectivity index (χ2v) is 6.54. The van der Waals surface area contributed by atoms with Gasteiger partial charge in [0.1, 0.15) is 0 Å². The Morgan fingerprint density at radius 2 is 1.61 bits per heavy atom. The zero-order valence-corrected chi connectivity index (χ0v) is 13.6. The molecule has 5 heteroatoms. The molecule has 2 atom stereocenters. The zero-order valence-electron chi connectivity index (χ0n) is 12.8. The molecule has 118 valence electrons. The lowest BCUT2D eigenvalue weighted by molar-refractivity contribution is -0.126. The number of amides is 2. The Bertz CT molecular complexity index is 698. The smallest absolute Gasteiger partial charge is 0.289 e. The van der Waals surface area contributed by atoms with Gasteiger partial charge >= 0.3 is 0 Å². The number of nitrogens with zero attached hydrogens (tertiary/aromatic N) is 1. The Hall–Kier alpha value is -2.11. The predicted octanol–water partition coefficient (Wildman–Crippen LogP) is 3.44. The highest BCUT2D eigenvalue weighted by molar-refractivity contribution is 8.14. The molecular formula is C18H18N2O2S. The fourth-order valence-corrected chi connectivity index (χ4v) is 3.56. The average Bonchev–Trinajstić information content (AvgIpc) is 2.89.